The van der Waals surface area contributed by atoms with Crippen molar-refractivity contribution in [3.8, 4) is 0 Å². The van der Waals surface area contributed by atoms with E-state index in [9.17, 15) is 8.42 Å². The van der Waals surface area contributed by atoms with Crippen molar-refractivity contribution in [2.75, 3.05) is 39.1 Å². The first-order valence-electron chi connectivity index (χ1n) is 5.89. The number of aryl methyl sites for hydroxylation is 1. The molecule has 19 heavy (non-hydrogen) atoms. The van der Waals surface area contributed by atoms with Crippen LogP contribution in [0.25, 0.3) is 0 Å². The summed E-state index contributed by atoms with van der Waals surface area (Å²) in [5, 5.41) is 8.99. The Balaban J connectivity index is 3.11. The minimum Gasteiger partial charge on any atom is -0.399 e. The van der Waals surface area contributed by atoms with Gasteiger partial charge in [0.25, 0.3) is 0 Å². The Bertz CT molecular complexity index is 516. The number of rotatable bonds is 7. The largest absolute Gasteiger partial charge is 0.399 e. The number of methoxy groups -OCH3 is 1. The fraction of sp³-hybridized carbons (Fsp3) is 0.500. The lowest BCUT2D eigenvalue weighted by atomic mass is 10.2. The van der Waals surface area contributed by atoms with Crippen molar-refractivity contribution in [2.24, 2.45) is 0 Å². The fourth-order valence-corrected chi connectivity index (χ4v) is 3.38. The number of nitrogen functional groups attached to an aromatic ring is 1. The van der Waals surface area contributed by atoms with E-state index < -0.39 is 10.0 Å². The van der Waals surface area contributed by atoms with E-state index in [-0.39, 0.29) is 31.2 Å². The molecule has 1 aromatic rings. The maximum atomic E-state index is 12.5. The van der Waals surface area contributed by atoms with Gasteiger partial charge in [-0.15, -0.1) is 0 Å². The van der Waals surface area contributed by atoms with E-state index in [4.69, 9.17) is 15.6 Å². The smallest absolute Gasteiger partial charge is 0.243 e. The molecule has 108 valence electrons. The van der Waals surface area contributed by atoms with E-state index in [0.29, 0.717) is 11.3 Å². The Morgan fingerprint density at radius 2 is 2.05 bits per heavy atom. The molecule has 0 fully saturated rings. The summed E-state index contributed by atoms with van der Waals surface area (Å²) in [4.78, 5) is 0.200. The summed E-state index contributed by atoms with van der Waals surface area (Å²) >= 11 is 0. The third-order valence-electron chi connectivity index (χ3n) is 2.71. The first kappa shape index (κ1) is 15.9. The molecule has 0 saturated carbocycles. The fourth-order valence-electron chi connectivity index (χ4n) is 1.76. The van der Waals surface area contributed by atoms with Gasteiger partial charge in [-0.25, -0.2) is 8.42 Å². The number of benzene rings is 1. The number of hydrogen-bond acceptors (Lipinski definition) is 5. The molecule has 0 saturated heterocycles. The zero-order valence-corrected chi connectivity index (χ0v) is 12.0. The molecule has 0 radical (unpaired) electrons. The molecule has 0 spiro atoms. The molecule has 0 bridgehead atoms. The first-order valence-corrected chi connectivity index (χ1v) is 7.33. The zero-order chi connectivity index (χ0) is 14.5. The van der Waals surface area contributed by atoms with Crippen molar-refractivity contribution in [3.63, 3.8) is 0 Å². The van der Waals surface area contributed by atoms with Gasteiger partial charge in [-0.05, 0) is 30.7 Å². The highest BCUT2D eigenvalue weighted by Gasteiger charge is 2.25. The molecule has 0 aromatic heterocycles. The number of aliphatic hydroxyl groups excluding tert-OH is 1. The Hall–Kier alpha value is -1.15. The number of hydrogen-bond donors (Lipinski definition) is 2. The molecular formula is C12H20N2O4S. The topological polar surface area (TPSA) is 92.9 Å². The van der Waals surface area contributed by atoms with Crippen LogP contribution in [0.5, 0.6) is 0 Å². The molecule has 3 N–H and O–H groups in total. The van der Waals surface area contributed by atoms with Crippen molar-refractivity contribution in [1.29, 1.82) is 0 Å². The van der Waals surface area contributed by atoms with Crippen molar-refractivity contribution in [2.45, 2.75) is 11.8 Å². The molecule has 0 unspecified atom stereocenters. The van der Waals surface area contributed by atoms with Crippen LogP contribution in [0.1, 0.15) is 5.56 Å². The lowest BCUT2D eigenvalue weighted by Crippen LogP contribution is -2.36. The van der Waals surface area contributed by atoms with E-state index in [2.05, 4.69) is 0 Å². The second kappa shape index (κ2) is 6.85. The maximum absolute atomic E-state index is 12.5. The van der Waals surface area contributed by atoms with Crippen LogP contribution >= 0.6 is 0 Å². The average molecular weight is 288 g/mol. The van der Waals surface area contributed by atoms with Gasteiger partial charge in [-0.3, -0.25) is 0 Å². The molecule has 7 heteroatoms. The van der Waals surface area contributed by atoms with Crippen molar-refractivity contribution in [3.05, 3.63) is 23.8 Å². The predicted molar refractivity (Wildman–Crippen MR) is 73.3 cm³/mol. The molecule has 0 atom stereocenters. The van der Waals surface area contributed by atoms with Crippen LogP contribution in [0.3, 0.4) is 0 Å². The van der Waals surface area contributed by atoms with Crippen LogP contribution in [0, 0.1) is 6.92 Å². The molecule has 0 aliphatic rings. The third-order valence-corrected chi connectivity index (χ3v) is 4.77. The highest BCUT2D eigenvalue weighted by Crippen LogP contribution is 2.21. The monoisotopic (exact) mass is 288 g/mol. The summed E-state index contributed by atoms with van der Waals surface area (Å²) < 4.78 is 31.1. The Labute approximate surface area is 113 Å². The molecule has 0 amide bonds. The number of nitrogens with two attached hydrogens (primary N) is 1. The molecule has 6 nitrogen and oxygen atoms in total. The number of nitrogens with zero attached hydrogens (tertiary/aromatic N) is 1. The van der Waals surface area contributed by atoms with Gasteiger partial charge in [0.05, 0.1) is 18.1 Å². The maximum Gasteiger partial charge on any atom is 0.243 e. The lowest BCUT2D eigenvalue weighted by molar-refractivity contribution is 0.168. The van der Waals surface area contributed by atoms with Crippen molar-refractivity contribution in [1.82, 2.24) is 4.31 Å². The quantitative estimate of drug-likeness (QED) is 0.700. The zero-order valence-electron chi connectivity index (χ0n) is 11.2. The first-order chi connectivity index (χ1) is 8.93. The molecule has 0 heterocycles. The van der Waals surface area contributed by atoms with Crippen molar-refractivity contribution < 1.29 is 18.3 Å². The molecule has 1 rings (SSSR count). The minimum atomic E-state index is -3.65. The molecule has 0 aliphatic heterocycles. The Morgan fingerprint density at radius 3 is 2.58 bits per heavy atom. The van der Waals surface area contributed by atoms with Gasteiger partial charge in [0.1, 0.15) is 0 Å². The van der Waals surface area contributed by atoms with E-state index in [1.54, 1.807) is 19.1 Å². The summed E-state index contributed by atoms with van der Waals surface area (Å²) in [6.07, 6.45) is 0. The summed E-state index contributed by atoms with van der Waals surface area (Å²) in [7, 11) is -2.15. The highest BCUT2D eigenvalue weighted by molar-refractivity contribution is 7.89. The van der Waals surface area contributed by atoms with Gasteiger partial charge < -0.3 is 15.6 Å². The van der Waals surface area contributed by atoms with Crippen LogP contribution in [-0.4, -0.2) is 51.2 Å². The SMILES string of the molecule is COCCN(CCO)S(=O)(=O)c1ccc(N)cc1C. The van der Waals surface area contributed by atoms with Gasteiger partial charge in [-0.2, -0.15) is 4.31 Å². The summed E-state index contributed by atoms with van der Waals surface area (Å²) in [5.41, 5.74) is 6.72. The van der Waals surface area contributed by atoms with Gasteiger partial charge in [-0.1, -0.05) is 0 Å². The third kappa shape index (κ3) is 3.90. The predicted octanol–water partition coefficient (Wildman–Crippen LogP) is 0.207. The number of ether oxygens (including phenoxy) is 1. The number of sulfonamides is 1. The van der Waals surface area contributed by atoms with E-state index >= 15 is 0 Å². The van der Waals surface area contributed by atoms with Crippen LogP contribution < -0.4 is 5.73 Å². The number of aliphatic hydroxyl groups is 1. The number of anilines is 1. The van der Waals surface area contributed by atoms with Crippen molar-refractivity contribution >= 4 is 15.7 Å². The van der Waals surface area contributed by atoms with Crippen LogP contribution in [0.2, 0.25) is 0 Å². The Morgan fingerprint density at radius 1 is 1.37 bits per heavy atom. The van der Waals surface area contributed by atoms with E-state index in [0.717, 1.165) is 0 Å². The average Bonchev–Trinajstić information content (AvgIpc) is 2.33. The van der Waals surface area contributed by atoms with Crippen LogP contribution in [0.4, 0.5) is 5.69 Å². The van der Waals surface area contributed by atoms with Gasteiger partial charge >= 0.3 is 0 Å². The normalized spacial score (nSPS) is 12.0. The van der Waals surface area contributed by atoms with Crippen LogP contribution in [-0.2, 0) is 14.8 Å². The van der Waals surface area contributed by atoms with Gasteiger partial charge in [0.15, 0.2) is 0 Å². The lowest BCUT2D eigenvalue weighted by Gasteiger charge is -2.22. The highest BCUT2D eigenvalue weighted by atomic mass is 32.2. The second-order valence-corrected chi connectivity index (χ2v) is 6.05. The van der Waals surface area contributed by atoms with E-state index in [1.165, 1.54) is 17.5 Å². The molecule has 0 aliphatic carbocycles. The summed E-state index contributed by atoms with van der Waals surface area (Å²) in [5.74, 6) is 0. The minimum absolute atomic E-state index is 0.0372. The van der Waals surface area contributed by atoms with E-state index in [1.807, 2.05) is 0 Å². The molecular weight excluding hydrogens is 268 g/mol. The summed E-state index contributed by atoms with van der Waals surface area (Å²) in [6.45, 7) is 1.96. The molecule has 1 aromatic carbocycles. The van der Waals surface area contributed by atoms with Crippen LogP contribution in [0.15, 0.2) is 23.1 Å². The van der Waals surface area contributed by atoms with Gasteiger partial charge in [0, 0.05) is 25.9 Å². The standard InChI is InChI=1S/C12H20N2O4S/c1-10-9-11(13)3-4-12(10)19(16,17)14(5-7-15)6-8-18-2/h3-4,9,15H,5-8,13H2,1-2H3. The Kier molecular flexibility index (Phi) is 5.74. The second-order valence-electron chi connectivity index (χ2n) is 4.15. The summed E-state index contributed by atoms with van der Waals surface area (Å²) in [6, 6.07) is 4.64. The van der Waals surface area contributed by atoms with Gasteiger partial charge in [0.2, 0.25) is 10.0 Å².